The molecule has 7 heteroatoms. The first-order valence-electron chi connectivity index (χ1n) is 4.55. The standard InChI is InChI=1S/C8H13N3O4/c1-2-15-5-7(12)3-10-4-8(9-6-10)11(13)14/h4,6-7,12H,2-3,5H2,1H3. The van der Waals surface area contributed by atoms with Crippen molar-refractivity contribution >= 4 is 5.82 Å². The van der Waals surface area contributed by atoms with Crippen LogP contribution in [0, 0.1) is 10.1 Å². The van der Waals surface area contributed by atoms with Gasteiger partial charge in [-0.25, -0.2) is 0 Å². The fourth-order valence-corrected chi connectivity index (χ4v) is 1.09. The van der Waals surface area contributed by atoms with Gasteiger partial charge in [-0.05, 0) is 16.8 Å². The summed E-state index contributed by atoms with van der Waals surface area (Å²) >= 11 is 0. The summed E-state index contributed by atoms with van der Waals surface area (Å²) in [5, 5.41) is 19.8. The van der Waals surface area contributed by atoms with Gasteiger partial charge in [-0.15, -0.1) is 0 Å². The molecule has 0 aliphatic carbocycles. The highest BCUT2D eigenvalue weighted by Gasteiger charge is 2.12. The van der Waals surface area contributed by atoms with Crippen LogP contribution in [-0.4, -0.2) is 38.9 Å². The number of aromatic nitrogens is 2. The lowest BCUT2D eigenvalue weighted by atomic mass is 10.4. The van der Waals surface area contributed by atoms with Crippen LogP contribution in [0.5, 0.6) is 0 Å². The molecule has 0 spiro atoms. The highest BCUT2D eigenvalue weighted by atomic mass is 16.6. The summed E-state index contributed by atoms with van der Waals surface area (Å²) in [5.41, 5.74) is 0. The monoisotopic (exact) mass is 215 g/mol. The molecule has 1 aromatic heterocycles. The first-order chi connectivity index (χ1) is 7.13. The predicted octanol–water partition coefficient (Wildman–Crippen LogP) is 0.189. The molecule has 0 fully saturated rings. The highest BCUT2D eigenvalue weighted by molar-refractivity contribution is 5.12. The van der Waals surface area contributed by atoms with E-state index >= 15 is 0 Å². The molecule has 0 aromatic carbocycles. The fraction of sp³-hybridized carbons (Fsp3) is 0.625. The maximum atomic E-state index is 10.3. The van der Waals surface area contributed by atoms with Crippen molar-refractivity contribution in [1.29, 1.82) is 0 Å². The molecule has 7 nitrogen and oxygen atoms in total. The molecule has 1 aromatic rings. The van der Waals surface area contributed by atoms with Crippen LogP contribution in [0.4, 0.5) is 5.82 Å². The van der Waals surface area contributed by atoms with Crippen molar-refractivity contribution in [3.05, 3.63) is 22.6 Å². The molecule has 84 valence electrons. The second-order valence-electron chi connectivity index (χ2n) is 3.00. The second kappa shape index (κ2) is 5.42. The Morgan fingerprint density at radius 1 is 1.80 bits per heavy atom. The number of nitrogens with zero attached hydrogens (tertiary/aromatic N) is 3. The summed E-state index contributed by atoms with van der Waals surface area (Å²) < 4.78 is 6.46. The van der Waals surface area contributed by atoms with Crippen LogP contribution in [0.1, 0.15) is 6.92 Å². The van der Waals surface area contributed by atoms with Crippen LogP contribution in [0.2, 0.25) is 0 Å². The number of hydrogen-bond acceptors (Lipinski definition) is 5. The molecule has 0 saturated heterocycles. The zero-order valence-corrected chi connectivity index (χ0v) is 8.37. The predicted molar refractivity (Wildman–Crippen MR) is 51.4 cm³/mol. The zero-order chi connectivity index (χ0) is 11.3. The van der Waals surface area contributed by atoms with Gasteiger partial charge in [0.15, 0.2) is 0 Å². The molecule has 0 aliphatic rings. The summed E-state index contributed by atoms with van der Waals surface area (Å²) in [6.07, 6.45) is 1.90. The number of ether oxygens (including phenoxy) is 1. The first kappa shape index (κ1) is 11.6. The average molecular weight is 215 g/mol. The van der Waals surface area contributed by atoms with Gasteiger partial charge in [0.05, 0.1) is 19.3 Å². The number of aliphatic hydroxyl groups excluding tert-OH is 1. The van der Waals surface area contributed by atoms with Crippen molar-refractivity contribution < 1.29 is 14.8 Å². The van der Waals surface area contributed by atoms with Crippen molar-refractivity contribution in [2.75, 3.05) is 13.2 Å². The fourth-order valence-electron chi connectivity index (χ4n) is 1.09. The lowest BCUT2D eigenvalue weighted by Crippen LogP contribution is -2.21. The Morgan fingerprint density at radius 3 is 3.07 bits per heavy atom. The maximum absolute atomic E-state index is 10.3. The molecule has 0 amide bonds. The third-order valence-electron chi connectivity index (χ3n) is 1.74. The van der Waals surface area contributed by atoms with E-state index in [2.05, 4.69) is 4.98 Å². The maximum Gasteiger partial charge on any atom is 0.381 e. The Morgan fingerprint density at radius 2 is 2.53 bits per heavy atom. The van der Waals surface area contributed by atoms with Gasteiger partial charge in [0, 0.05) is 6.61 Å². The summed E-state index contributed by atoms with van der Waals surface area (Å²) in [7, 11) is 0. The number of aliphatic hydroxyl groups is 1. The Balaban J connectivity index is 2.46. The van der Waals surface area contributed by atoms with Crippen molar-refractivity contribution in [1.82, 2.24) is 9.55 Å². The van der Waals surface area contributed by atoms with E-state index in [0.717, 1.165) is 0 Å². The third kappa shape index (κ3) is 3.64. The summed E-state index contributed by atoms with van der Waals surface area (Å²) in [5.74, 6) is -0.224. The van der Waals surface area contributed by atoms with Crippen molar-refractivity contribution in [3.8, 4) is 0 Å². The van der Waals surface area contributed by atoms with Gasteiger partial charge in [-0.3, -0.25) is 0 Å². The number of rotatable bonds is 6. The third-order valence-corrected chi connectivity index (χ3v) is 1.74. The minimum absolute atomic E-state index is 0.211. The summed E-state index contributed by atoms with van der Waals surface area (Å²) in [6, 6.07) is 0. The highest BCUT2D eigenvalue weighted by Crippen LogP contribution is 2.06. The number of imidazole rings is 1. The van der Waals surface area contributed by atoms with E-state index in [4.69, 9.17) is 4.74 Å². The van der Waals surface area contributed by atoms with Crippen LogP contribution in [0.15, 0.2) is 12.5 Å². The molecule has 0 radical (unpaired) electrons. The van der Waals surface area contributed by atoms with E-state index in [1.165, 1.54) is 17.1 Å². The Hall–Kier alpha value is -1.47. The first-order valence-corrected chi connectivity index (χ1v) is 4.55. The number of nitro groups is 1. The van der Waals surface area contributed by atoms with Gasteiger partial charge in [0.25, 0.3) is 0 Å². The Kier molecular flexibility index (Phi) is 4.19. The van der Waals surface area contributed by atoms with E-state index in [1.54, 1.807) is 0 Å². The molecule has 1 unspecified atom stereocenters. The largest absolute Gasteiger partial charge is 0.389 e. The minimum Gasteiger partial charge on any atom is -0.389 e. The topological polar surface area (TPSA) is 90.4 Å². The van der Waals surface area contributed by atoms with E-state index in [9.17, 15) is 15.2 Å². The molecule has 0 aliphatic heterocycles. The number of hydrogen-bond donors (Lipinski definition) is 1. The zero-order valence-electron chi connectivity index (χ0n) is 8.37. The molecule has 1 rings (SSSR count). The smallest absolute Gasteiger partial charge is 0.381 e. The van der Waals surface area contributed by atoms with E-state index in [-0.39, 0.29) is 19.0 Å². The quantitative estimate of drug-likeness (QED) is 0.540. The molecular weight excluding hydrogens is 202 g/mol. The van der Waals surface area contributed by atoms with Gasteiger partial charge < -0.3 is 24.5 Å². The normalized spacial score (nSPS) is 12.7. The Bertz CT molecular complexity index is 325. The van der Waals surface area contributed by atoms with Crippen LogP contribution < -0.4 is 0 Å². The molecule has 0 saturated carbocycles. The van der Waals surface area contributed by atoms with E-state index < -0.39 is 11.0 Å². The Labute approximate surface area is 86.5 Å². The second-order valence-corrected chi connectivity index (χ2v) is 3.00. The minimum atomic E-state index is -0.682. The molecule has 1 heterocycles. The SMILES string of the molecule is CCOCC(O)Cn1cnc([N+](=O)[O-])c1. The van der Waals surface area contributed by atoms with Crippen molar-refractivity contribution in [2.45, 2.75) is 19.6 Å². The van der Waals surface area contributed by atoms with Crippen LogP contribution in [-0.2, 0) is 11.3 Å². The van der Waals surface area contributed by atoms with E-state index in [0.29, 0.717) is 6.61 Å². The van der Waals surface area contributed by atoms with E-state index in [1.807, 2.05) is 6.92 Å². The lowest BCUT2D eigenvalue weighted by molar-refractivity contribution is -0.389. The van der Waals surface area contributed by atoms with Crippen LogP contribution in [0.3, 0.4) is 0 Å². The lowest BCUT2D eigenvalue weighted by Gasteiger charge is -2.09. The van der Waals surface area contributed by atoms with Gasteiger partial charge >= 0.3 is 5.82 Å². The molecule has 1 N–H and O–H groups in total. The van der Waals surface area contributed by atoms with Crippen molar-refractivity contribution in [2.24, 2.45) is 0 Å². The van der Waals surface area contributed by atoms with Gasteiger partial charge in [0.1, 0.15) is 6.20 Å². The van der Waals surface area contributed by atoms with Crippen LogP contribution >= 0.6 is 0 Å². The van der Waals surface area contributed by atoms with Gasteiger partial charge in [-0.1, -0.05) is 0 Å². The average Bonchev–Trinajstić information content (AvgIpc) is 2.63. The molecular formula is C8H13N3O4. The van der Waals surface area contributed by atoms with Gasteiger partial charge in [0.2, 0.25) is 6.33 Å². The molecule has 15 heavy (non-hydrogen) atoms. The molecule has 0 bridgehead atoms. The van der Waals surface area contributed by atoms with Crippen LogP contribution in [0.25, 0.3) is 0 Å². The summed E-state index contributed by atoms with van der Waals surface area (Å²) in [4.78, 5) is 13.3. The summed E-state index contributed by atoms with van der Waals surface area (Å²) in [6.45, 7) is 2.80. The van der Waals surface area contributed by atoms with Gasteiger partial charge in [-0.2, -0.15) is 0 Å². The van der Waals surface area contributed by atoms with Crippen molar-refractivity contribution in [3.63, 3.8) is 0 Å². The molecule has 1 atom stereocenters.